The molecule has 32 heavy (non-hydrogen) atoms. The van der Waals surface area contributed by atoms with Crippen LogP contribution in [-0.4, -0.2) is 18.7 Å². The monoisotopic (exact) mass is 442 g/mol. The van der Waals surface area contributed by atoms with E-state index in [0.29, 0.717) is 0 Å². The Morgan fingerprint density at radius 2 is 1.81 bits per heavy atom. The van der Waals surface area contributed by atoms with Crippen LogP contribution in [0, 0.1) is 23.2 Å². The zero-order valence-electron chi connectivity index (χ0n) is 21.3. The van der Waals surface area contributed by atoms with Gasteiger partial charge in [0.05, 0.1) is 0 Å². The molecule has 0 heterocycles. The van der Waals surface area contributed by atoms with Gasteiger partial charge in [-0.15, -0.1) is 0 Å². The molecule has 1 fully saturated rings. The predicted octanol–water partition coefficient (Wildman–Crippen LogP) is 7.53. The Morgan fingerprint density at radius 3 is 2.56 bits per heavy atom. The first-order valence-electron chi connectivity index (χ1n) is 13.2. The summed E-state index contributed by atoms with van der Waals surface area (Å²) in [5.41, 5.74) is 2.71. The van der Waals surface area contributed by atoms with Crippen LogP contribution in [0.2, 0.25) is 0 Å². The van der Waals surface area contributed by atoms with Crippen molar-refractivity contribution in [3.05, 3.63) is 29.3 Å². The van der Waals surface area contributed by atoms with Crippen molar-refractivity contribution in [1.82, 2.24) is 0 Å². The minimum atomic E-state index is -0.279. The van der Waals surface area contributed by atoms with Crippen molar-refractivity contribution in [3.8, 4) is 5.75 Å². The van der Waals surface area contributed by atoms with Crippen molar-refractivity contribution in [1.29, 1.82) is 0 Å². The second kappa shape index (κ2) is 11.6. The number of esters is 1. The van der Waals surface area contributed by atoms with Crippen LogP contribution in [-0.2, 0) is 22.4 Å². The molecule has 1 aromatic rings. The van der Waals surface area contributed by atoms with Crippen molar-refractivity contribution < 1.29 is 14.3 Å². The molecule has 4 unspecified atom stereocenters. The lowest BCUT2D eigenvalue weighted by molar-refractivity contribution is -0.155. The number of hydrogen-bond donors (Lipinski definition) is 0. The fourth-order valence-corrected chi connectivity index (χ4v) is 5.60. The Morgan fingerprint density at radius 1 is 1.06 bits per heavy atom. The molecular formula is C29H46O3. The first-order valence-corrected chi connectivity index (χ1v) is 13.2. The van der Waals surface area contributed by atoms with Crippen LogP contribution in [0.4, 0.5) is 0 Å². The first kappa shape index (κ1) is 25.1. The molecule has 180 valence electrons. The second-order valence-corrected chi connectivity index (χ2v) is 11.4. The minimum Gasteiger partial charge on any atom is -0.482 e. The van der Waals surface area contributed by atoms with Gasteiger partial charge in [-0.2, -0.15) is 0 Å². The second-order valence-electron chi connectivity index (χ2n) is 11.4. The maximum absolute atomic E-state index is 12.3. The molecule has 0 amide bonds. The van der Waals surface area contributed by atoms with E-state index in [1.54, 1.807) is 0 Å². The van der Waals surface area contributed by atoms with E-state index in [2.05, 4.69) is 39.8 Å². The highest BCUT2D eigenvalue weighted by molar-refractivity contribution is 5.71. The van der Waals surface area contributed by atoms with Gasteiger partial charge < -0.3 is 9.47 Å². The maximum atomic E-state index is 12.3. The van der Waals surface area contributed by atoms with Gasteiger partial charge in [0, 0.05) is 0 Å². The van der Waals surface area contributed by atoms with Crippen molar-refractivity contribution >= 4 is 5.97 Å². The number of ether oxygens (including phenoxy) is 2. The van der Waals surface area contributed by atoms with Crippen LogP contribution in [0.5, 0.6) is 5.75 Å². The minimum absolute atomic E-state index is 0.00831. The van der Waals surface area contributed by atoms with Crippen LogP contribution >= 0.6 is 0 Å². The molecule has 0 spiro atoms. The average Bonchev–Trinajstić information content (AvgIpc) is 3.14. The molecule has 3 heteroatoms. The van der Waals surface area contributed by atoms with Gasteiger partial charge in [0.1, 0.15) is 11.9 Å². The van der Waals surface area contributed by atoms with Crippen LogP contribution in [0.15, 0.2) is 18.2 Å². The Labute approximate surface area is 196 Å². The summed E-state index contributed by atoms with van der Waals surface area (Å²) in [6, 6.07) is 6.40. The van der Waals surface area contributed by atoms with Crippen molar-refractivity contribution in [2.75, 3.05) is 6.61 Å². The summed E-state index contributed by atoms with van der Waals surface area (Å²) in [7, 11) is 0. The quantitative estimate of drug-likeness (QED) is 0.262. The molecule has 3 rings (SSSR count). The summed E-state index contributed by atoms with van der Waals surface area (Å²) in [6.45, 7) is 10.5. The number of carbonyl (C=O) groups is 1. The zero-order chi connectivity index (χ0) is 23.1. The van der Waals surface area contributed by atoms with E-state index in [1.165, 1.54) is 75.3 Å². The molecule has 0 saturated heterocycles. The molecule has 0 N–H and O–H groups in total. The highest BCUT2D eigenvalue weighted by atomic mass is 16.6. The summed E-state index contributed by atoms with van der Waals surface area (Å²) < 4.78 is 11.6. The Hall–Kier alpha value is -1.51. The van der Waals surface area contributed by atoms with Crippen LogP contribution in [0.1, 0.15) is 104 Å². The number of unbranched alkanes of at least 4 members (excludes halogenated alkanes) is 5. The summed E-state index contributed by atoms with van der Waals surface area (Å²) in [5, 5.41) is 0. The number of rotatable bonds is 11. The molecule has 2 aliphatic carbocycles. The highest BCUT2D eigenvalue weighted by Crippen LogP contribution is 2.48. The molecule has 1 saturated carbocycles. The molecule has 1 aromatic carbocycles. The van der Waals surface area contributed by atoms with Gasteiger partial charge in [0.15, 0.2) is 6.61 Å². The fraction of sp³-hybridized carbons (Fsp3) is 0.759. The Kier molecular flexibility index (Phi) is 9.08. The van der Waals surface area contributed by atoms with E-state index >= 15 is 0 Å². The van der Waals surface area contributed by atoms with Gasteiger partial charge in [-0.05, 0) is 73.0 Å². The Bertz CT molecular complexity index is 732. The lowest BCUT2D eigenvalue weighted by Gasteiger charge is -2.32. The van der Waals surface area contributed by atoms with E-state index in [9.17, 15) is 4.79 Å². The van der Waals surface area contributed by atoms with Crippen LogP contribution < -0.4 is 4.74 Å². The van der Waals surface area contributed by atoms with Gasteiger partial charge in [-0.25, -0.2) is 4.79 Å². The van der Waals surface area contributed by atoms with Gasteiger partial charge in [-0.3, -0.25) is 0 Å². The number of fused-ring (bicyclic) bond motifs is 2. The number of carbonyl (C=O) groups excluding carboxylic acids is 1. The highest BCUT2D eigenvalue weighted by Gasteiger charge is 2.39. The first-order chi connectivity index (χ1) is 15.3. The van der Waals surface area contributed by atoms with Crippen LogP contribution in [0.25, 0.3) is 0 Å². The Balaban J connectivity index is 1.52. The largest absolute Gasteiger partial charge is 0.482 e. The van der Waals surface area contributed by atoms with E-state index in [0.717, 1.165) is 29.9 Å². The summed E-state index contributed by atoms with van der Waals surface area (Å²) in [4.78, 5) is 12.3. The summed E-state index contributed by atoms with van der Waals surface area (Å²) >= 11 is 0. The van der Waals surface area contributed by atoms with Crippen molar-refractivity contribution in [3.63, 3.8) is 0 Å². The van der Waals surface area contributed by atoms with Crippen molar-refractivity contribution in [2.45, 2.75) is 111 Å². The van der Waals surface area contributed by atoms with E-state index in [-0.39, 0.29) is 24.1 Å². The maximum Gasteiger partial charge on any atom is 0.344 e. The van der Waals surface area contributed by atoms with Crippen LogP contribution in [0.3, 0.4) is 0 Å². The third kappa shape index (κ3) is 6.75. The van der Waals surface area contributed by atoms with Gasteiger partial charge in [0.2, 0.25) is 0 Å². The molecule has 0 aliphatic heterocycles. The summed E-state index contributed by atoms with van der Waals surface area (Å²) in [6.07, 6.45) is 14.7. The topological polar surface area (TPSA) is 35.5 Å². The SMILES string of the molecule is CCCCCCCCC1CCC2Cc3c(cccc3OCC(=O)OC(C)C(C)(C)C)CC12. The van der Waals surface area contributed by atoms with Gasteiger partial charge in [0.25, 0.3) is 0 Å². The lowest BCUT2D eigenvalue weighted by Crippen LogP contribution is -2.31. The standard InChI is InChI=1S/C29H46O3/c1-6-7-8-9-10-11-13-22-16-17-24-19-26-23(18-25(22)24)14-12-15-27(26)31-20-28(30)32-21(2)29(3,4)5/h12,14-15,21-22,24-25H,6-11,13,16-20H2,1-5H3. The molecule has 0 aromatic heterocycles. The zero-order valence-corrected chi connectivity index (χ0v) is 21.3. The molecule has 4 atom stereocenters. The van der Waals surface area contributed by atoms with E-state index < -0.39 is 0 Å². The summed E-state index contributed by atoms with van der Waals surface area (Å²) in [5.74, 6) is 3.13. The molecular weight excluding hydrogens is 396 g/mol. The third-order valence-corrected chi connectivity index (χ3v) is 8.07. The normalized spacial score (nSPS) is 23.3. The van der Waals surface area contributed by atoms with E-state index in [1.807, 2.05) is 13.0 Å². The predicted molar refractivity (Wildman–Crippen MR) is 132 cm³/mol. The van der Waals surface area contributed by atoms with Crippen molar-refractivity contribution in [2.24, 2.45) is 23.2 Å². The molecule has 0 radical (unpaired) electrons. The molecule has 0 bridgehead atoms. The molecule has 2 aliphatic rings. The van der Waals surface area contributed by atoms with Gasteiger partial charge in [-0.1, -0.05) is 84.8 Å². The number of hydrogen-bond acceptors (Lipinski definition) is 3. The smallest absolute Gasteiger partial charge is 0.344 e. The van der Waals surface area contributed by atoms with E-state index in [4.69, 9.17) is 9.47 Å². The molecule has 3 nitrogen and oxygen atoms in total. The fourth-order valence-electron chi connectivity index (χ4n) is 5.60. The lowest BCUT2D eigenvalue weighted by atomic mass is 9.73. The number of benzene rings is 1. The average molecular weight is 443 g/mol. The van der Waals surface area contributed by atoms with Gasteiger partial charge >= 0.3 is 5.97 Å². The third-order valence-electron chi connectivity index (χ3n) is 8.07.